The molecule has 0 N–H and O–H groups in total. The molecule has 4 heteroatoms. The minimum Gasteiger partial charge on any atom is -0.497 e. The molecular formula is C26H26O4. The molecule has 30 heavy (non-hydrogen) atoms. The molecule has 0 aliphatic rings. The highest BCUT2D eigenvalue weighted by Crippen LogP contribution is 2.28. The normalized spacial score (nSPS) is 11.5. The summed E-state index contributed by atoms with van der Waals surface area (Å²) in [6, 6.07) is 24.6. The summed E-state index contributed by atoms with van der Waals surface area (Å²) >= 11 is 0. The van der Waals surface area contributed by atoms with Crippen molar-refractivity contribution in [1.29, 1.82) is 0 Å². The lowest BCUT2D eigenvalue weighted by Crippen LogP contribution is -2.14. The summed E-state index contributed by atoms with van der Waals surface area (Å²) in [5, 5.41) is 0. The quantitative estimate of drug-likeness (QED) is 0.414. The predicted molar refractivity (Wildman–Crippen MR) is 117 cm³/mol. The van der Waals surface area contributed by atoms with Gasteiger partial charge >= 0.3 is 0 Å². The minimum absolute atomic E-state index is 0.00368. The maximum absolute atomic E-state index is 13.2. The van der Waals surface area contributed by atoms with E-state index in [-0.39, 0.29) is 17.5 Å². The van der Waals surface area contributed by atoms with Gasteiger partial charge in [0.15, 0.2) is 5.78 Å². The molecule has 0 fully saturated rings. The van der Waals surface area contributed by atoms with E-state index in [4.69, 9.17) is 9.47 Å². The van der Waals surface area contributed by atoms with Gasteiger partial charge in [0.2, 0.25) is 0 Å². The number of ketones is 2. The predicted octanol–water partition coefficient (Wildman–Crippen LogP) is 5.61. The Kier molecular flexibility index (Phi) is 7.39. The number of Topliss-reactive ketones (excluding diaryl/α,β-unsaturated/α-hetero) is 2. The number of carbonyl (C=O) groups excluding carboxylic acids is 2. The van der Waals surface area contributed by atoms with Crippen molar-refractivity contribution >= 4 is 11.6 Å². The maximum atomic E-state index is 13.2. The molecule has 1 unspecified atom stereocenters. The lowest BCUT2D eigenvalue weighted by molar-refractivity contribution is -0.117. The van der Waals surface area contributed by atoms with Crippen molar-refractivity contribution in [1.82, 2.24) is 0 Å². The first-order chi connectivity index (χ1) is 14.6. The molecule has 0 bridgehead atoms. The smallest absolute Gasteiger partial charge is 0.170 e. The number of methoxy groups -OCH3 is 1. The van der Waals surface area contributed by atoms with Crippen LogP contribution in [0.4, 0.5) is 0 Å². The van der Waals surface area contributed by atoms with Crippen molar-refractivity contribution in [3.05, 3.63) is 95.6 Å². The summed E-state index contributed by atoms with van der Waals surface area (Å²) in [6.07, 6.45) is 0.841. The van der Waals surface area contributed by atoms with Crippen LogP contribution in [-0.2, 0) is 11.4 Å². The fraction of sp³-hybridized carbons (Fsp3) is 0.231. The molecule has 3 aromatic rings. The molecule has 0 saturated heterocycles. The van der Waals surface area contributed by atoms with E-state index in [1.807, 2.05) is 66.7 Å². The molecule has 0 radical (unpaired) electrons. The van der Waals surface area contributed by atoms with Crippen LogP contribution in [0.1, 0.15) is 47.2 Å². The van der Waals surface area contributed by atoms with Crippen molar-refractivity contribution in [2.24, 2.45) is 0 Å². The van der Waals surface area contributed by atoms with Crippen LogP contribution in [0.15, 0.2) is 78.9 Å². The largest absolute Gasteiger partial charge is 0.497 e. The Bertz CT molecular complexity index is 960. The number of hydrogen-bond acceptors (Lipinski definition) is 4. The number of ether oxygens (including phenoxy) is 2. The average molecular weight is 402 g/mol. The Morgan fingerprint density at radius 2 is 1.47 bits per heavy atom. The van der Waals surface area contributed by atoms with Gasteiger partial charge in [-0.2, -0.15) is 0 Å². The van der Waals surface area contributed by atoms with Crippen LogP contribution in [0.3, 0.4) is 0 Å². The van der Waals surface area contributed by atoms with Crippen LogP contribution in [0.2, 0.25) is 0 Å². The van der Waals surface area contributed by atoms with E-state index in [0.717, 1.165) is 16.9 Å². The fourth-order valence-electron chi connectivity index (χ4n) is 3.29. The Morgan fingerprint density at radius 3 is 2.07 bits per heavy atom. The summed E-state index contributed by atoms with van der Waals surface area (Å²) in [7, 11) is 1.61. The summed E-state index contributed by atoms with van der Waals surface area (Å²) < 4.78 is 11.0. The molecule has 0 aliphatic carbocycles. The van der Waals surface area contributed by atoms with Crippen LogP contribution in [0.25, 0.3) is 0 Å². The van der Waals surface area contributed by atoms with E-state index in [2.05, 4.69) is 0 Å². The third-order valence-electron chi connectivity index (χ3n) is 5.01. The zero-order valence-corrected chi connectivity index (χ0v) is 17.3. The molecule has 154 valence electrons. The van der Waals surface area contributed by atoms with E-state index in [9.17, 15) is 9.59 Å². The van der Waals surface area contributed by atoms with Crippen LogP contribution in [0.5, 0.6) is 11.5 Å². The van der Waals surface area contributed by atoms with Crippen LogP contribution < -0.4 is 9.47 Å². The molecule has 1 atom stereocenters. The van der Waals surface area contributed by atoms with Gasteiger partial charge in [0.05, 0.1) is 7.11 Å². The third-order valence-corrected chi connectivity index (χ3v) is 5.01. The summed E-state index contributed by atoms with van der Waals surface area (Å²) in [5.41, 5.74) is 2.57. The van der Waals surface area contributed by atoms with Crippen molar-refractivity contribution in [2.75, 3.05) is 7.11 Å². The molecule has 3 aromatic carbocycles. The van der Waals surface area contributed by atoms with Crippen molar-refractivity contribution in [3.63, 3.8) is 0 Å². The van der Waals surface area contributed by atoms with Gasteiger partial charge in [-0.05, 0) is 60.9 Å². The summed E-state index contributed by atoms with van der Waals surface area (Å²) in [4.78, 5) is 24.7. The number of benzene rings is 3. The van der Waals surface area contributed by atoms with Crippen LogP contribution in [0, 0.1) is 0 Å². The van der Waals surface area contributed by atoms with E-state index in [1.165, 1.54) is 0 Å². The highest BCUT2D eigenvalue weighted by Gasteiger charge is 2.22. The van der Waals surface area contributed by atoms with Gasteiger partial charge in [0, 0.05) is 17.9 Å². The van der Waals surface area contributed by atoms with Crippen LogP contribution >= 0.6 is 0 Å². The zero-order chi connectivity index (χ0) is 21.3. The van der Waals surface area contributed by atoms with E-state index < -0.39 is 0 Å². The number of hydrogen-bond donors (Lipinski definition) is 0. The SMILES string of the molecule is COc1ccc(C(CCC(C)=O)C(=O)c2ccc(OCc3ccccc3)cc2)cc1. The first-order valence-electron chi connectivity index (χ1n) is 10.0. The highest BCUT2D eigenvalue weighted by molar-refractivity contribution is 6.01. The summed E-state index contributed by atoms with van der Waals surface area (Å²) in [6.45, 7) is 2.02. The van der Waals surface area contributed by atoms with E-state index >= 15 is 0 Å². The van der Waals surface area contributed by atoms with E-state index in [0.29, 0.717) is 30.8 Å². The number of rotatable bonds is 10. The second kappa shape index (κ2) is 10.4. The minimum atomic E-state index is -0.379. The Hall–Kier alpha value is -3.40. The lowest BCUT2D eigenvalue weighted by atomic mass is 9.86. The van der Waals surface area contributed by atoms with Gasteiger partial charge < -0.3 is 14.3 Å². The fourth-order valence-corrected chi connectivity index (χ4v) is 3.29. The van der Waals surface area contributed by atoms with E-state index in [1.54, 1.807) is 26.2 Å². The molecule has 0 aliphatic heterocycles. The Balaban J connectivity index is 1.73. The second-order valence-corrected chi connectivity index (χ2v) is 7.23. The molecule has 0 heterocycles. The first kappa shape index (κ1) is 21.3. The molecule has 0 saturated carbocycles. The topological polar surface area (TPSA) is 52.6 Å². The first-order valence-corrected chi connectivity index (χ1v) is 10.0. The summed E-state index contributed by atoms with van der Waals surface area (Å²) in [5.74, 6) is 1.13. The highest BCUT2D eigenvalue weighted by atomic mass is 16.5. The average Bonchev–Trinajstić information content (AvgIpc) is 2.79. The third kappa shape index (κ3) is 5.80. The van der Waals surface area contributed by atoms with Gasteiger partial charge in [0.25, 0.3) is 0 Å². The molecule has 0 aromatic heterocycles. The van der Waals surface area contributed by atoms with Crippen molar-refractivity contribution in [3.8, 4) is 11.5 Å². The second-order valence-electron chi connectivity index (χ2n) is 7.23. The molecule has 3 rings (SSSR count). The Morgan fingerprint density at radius 1 is 0.833 bits per heavy atom. The Labute approximate surface area is 177 Å². The van der Waals surface area contributed by atoms with Gasteiger partial charge in [0.1, 0.15) is 23.9 Å². The van der Waals surface area contributed by atoms with Gasteiger partial charge in [-0.1, -0.05) is 42.5 Å². The van der Waals surface area contributed by atoms with Crippen molar-refractivity contribution < 1.29 is 19.1 Å². The molecular weight excluding hydrogens is 376 g/mol. The standard InChI is InChI=1S/C26H26O4/c1-19(27)8-17-25(21-9-13-23(29-2)14-10-21)26(28)22-11-15-24(16-12-22)30-18-20-6-4-3-5-7-20/h3-7,9-16,25H,8,17-18H2,1-2H3. The lowest BCUT2D eigenvalue weighted by Gasteiger charge is -2.17. The monoisotopic (exact) mass is 402 g/mol. The molecule has 0 amide bonds. The van der Waals surface area contributed by atoms with Gasteiger partial charge in [-0.15, -0.1) is 0 Å². The maximum Gasteiger partial charge on any atom is 0.170 e. The molecule has 4 nitrogen and oxygen atoms in total. The zero-order valence-electron chi connectivity index (χ0n) is 17.3. The number of carbonyl (C=O) groups is 2. The van der Waals surface area contributed by atoms with Crippen LogP contribution in [-0.4, -0.2) is 18.7 Å². The van der Waals surface area contributed by atoms with Crippen molar-refractivity contribution in [2.45, 2.75) is 32.3 Å². The van der Waals surface area contributed by atoms with Gasteiger partial charge in [-0.25, -0.2) is 0 Å². The van der Waals surface area contributed by atoms with Gasteiger partial charge in [-0.3, -0.25) is 4.79 Å². The molecule has 0 spiro atoms.